The van der Waals surface area contributed by atoms with Gasteiger partial charge in [0, 0.05) is 18.8 Å². The molecule has 0 aromatic rings. The molecule has 2 atom stereocenters. The Bertz CT molecular complexity index is 151. The first-order valence-corrected chi connectivity index (χ1v) is 3.33. The van der Waals surface area contributed by atoms with Crippen LogP contribution < -0.4 is 5.32 Å². The van der Waals surface area contributed by atoms with Crippen LogP contribution >= 0.6 is 0 Å². The minimum atomic E-state index is 0.217. The summed E-state index contributed by atoms with van der Waals surface area (Å²) in [5.74, 6) is 0. The lowest BCUT2D eigenvalue weighted by atomic mass is 10.0. The van der Waals surface area contributed by atoms with Gasteiger partial charge in [-0.25, -0.2) is 0 Å². The molecule has 0 unspecified atom stereocenters. The molecule has 0 radical (unpaired) electrons. The van der Waals surface area contributed by atoms with Crippen molar-refractivity contribution in [2.24, 2.45) is 4.99 Å². The molecular formula is C7H14N2. The predicted molar refractivity (Wildman–Crippen MR) is 40.0 cm³/mol. The quantitative estimate of drug-likeness (QED) is 0.410. The smallest absolute Gasteiger partial charge is 0.0688 e. The van der Waals surface area contributed by atoms with Crippen molar-refractivity contribution in [1.82, 2.24) is 5.32 Å². The van der Waals surface area contributed by atoms with Gasteiger partial charge in [0.15, 0.2) is 0 Å². The fraction of sp³-hybridized carbons (Fsp3) is 0.857. The van der Waals surface area contributed by atoms with Crippen LogP contribution in [-0.4, -0.2) is 24.3 Å². The summed E-state index contributed by atoms with van der Waals surface area (Å²) >= 11 is 0. The van der Waals surface area contributed by atoms with Gasteiger partial charge in [0.1, 0.15) is 0 Å². The first-order valence-electron chi connectivity index (χ1n) is 3.33. The van der Waals surface area contributed by atoms with E-state index in [0.29, 0.717) is 6.04 Å². The lowest BCUT2D eigenvalue weighted by Gasteiger charge is -2.04. The van der Waals surface area contributed by atoms with E-state index >= 15 is 0 Å². The molecule has 9 heavy (non-hydrogen) atoms. The van der Waals surface area contributed by atoms with Crippen molar-refractivity contribution < 1.29 is 0 Å². The molecule has 0 amide bonds. The molecule has 52 valence electrons. The van der Waals surface area contributed by atoms with Crippen molar-refractivity contribution in [2.45, 2.75) is 32.4 Å². The summed E-state index contributed by atoms with van der Waals surface area (Å²) in [6.07, 6.45) is 0. The number of aliphatic imine (C=N–C) groups is 1. The Hall–Kier alpha value is -0.370. The zero-order valence-electron chi connectivity index (χ0n) is 6.52. The van der Waals surface area contributed by atoms with E-state index in [1.807, 2.05) is 7.05 Å². The monoisotopic (exact) mass is 126 g/mol. The van der Waals surface area contributed by atoms with Crippen molar-refractivity contribution in [3.63, 3.8) is 0 Å². The normalized spacial score (nSPS) is 43.1. The lowest BCUT2D eigenvalue weighted by molar-refractivity contribution is 0.890. The molecule has 0 bridgehead atoms. The highest BCUT2D eigenvalue weighted by molar-refractivity contribution is 5.94. The van der Waals surface area contributed by atoms with Crippen LogP contribution in [0.3, 0.4) is 0 Å². The van der Waals surface area contributed by atoms with Crippen molar-refractivity contribution in [1.29, 1.82) is 0 Å². The fourth-order valence-electron chi connectivity index (χ4n) is 1.06. The number of nitrogens with one attached hydrogen (secondary N) is 1. The molecule has 0 aromatic heterocycles. The summed E-state index contributed by atoms with van der Waals surface area (Å²) in [4.78, 5) is 4.13. The standard InChI is InChI=1S/C7H14N2/c1-5(8-4)7(3)6(2)9-7/h6,9H,1-4H3/t6-,7-/m0/s1. The summed E-state index contributed by atoms with van der Waals surface area (Å²) in [5.41, 5.74) is 1.42. The molecule has 0 saturated carbocycles. The van der Waals surface area contributed by atoms with Crippen molar-refractivity contribution in [3.8, 4) is 0 Å². The number of rotatable bonds is 1. The number of hydrogen-bond donors (Lipinski definition) is 1. The highest BCUT2D eigenvalue weighted by Gasteiger charge is 2.47. The Balaban J connectivity index is 2.64. The van der Waals surface area contributed by atoms with Gasteiger partial charge in [0.05, 0.1) is 5.54 Å². The van der Waals surface area contributed by atoms with Gasteiger partial charge >= 0.3 is 0 Å². The van der Waals surface area contributed by atoms with Crippen LogP contribution in [0.4, 0.5) is 0 Å². The molecule has 1 fully saturated rings. The van der Waals surface area contributed by atoms with Crippen molar-refractivity contribution in [3.05, 3.63) is 0 Å². The molecule has 1 saturated heterocycles. The molecule has 1 rings (SSSR count). The maximum atomic E-state index is 4.13. The third kappa shape index (κ3) is 0.874. The molecule has 0 aliphatic carbocycles. The first-order chi connectivity index (χ1) is 4.11. The second-order valence-electron chi connectivity index (χ2n) is 2.88. The summed E-state index contributed by atoms with van der Waals surface area (Å²) in [5, 5.41) is 3.33. The van der Waals surface area contributed by atoms with Crippen LogP contribution in [0.1, 0.15) is 20.8 Å². The molecule has 0 aromatic carbocycles. The molecule has 1 aliphatic heterocycles. The van der Waals surface area contributed by atoms with E-state index in [0.717, 1.165) is 0 Å². The topological polar surface area (TPSA) is 34.3 Å². The predicted octanol–water partition coefficient (Wildman–Crippen LogP) is 0.828. The fourth-order valence-corrected chi connectivity index (χ4v) is 1.06. The first kappa shape index (κ1) is 6.75. The van der Waals surface area contributed by atoms with E-state index in [1.165, 1.54) is 5.71 Å². The zero-order chi connectivity index (χ0) is 7.07. The summed E-state index contributed by atoms with van der Waals surface area (Å²) < 4.78 is 0. The third-order valence-electron chi connectivity index (χ3n) is 2.39. The Morgan fingerprint density at radius 3 is 2.22 bits per heavy atom. The molecule has 1 N–H and O–H groups in total. The van der Waals surface area contributed by atoms with E-state index in [4.69, 9.17) is 0 Å². The van der Waals surface area contributed by atoms with Gasteiger partial charge in [-0.15, -0.1) is 0 Å². The van der Waals surface area contributed by atoms with Crippen LogP contribution in [0.15, 0.2) is 4.99 Å². The molecule has 1 heterocycles. The maximum Gasteiger partial charge on any atom is 0.0688 e. The van der Waals surface area contributed by atoms with E-state index in [1.54, 1.807) is 0 Å². The average Bonchev–Trinajstić information content (AvgIpc) is 2.41. The molecule has 2 nitrogen and oxygen atoms in total. The van der Waals surface area contributed by atoms with Gasteiger partial charge < -0.3 is 5.32 Å². The highest BCUT2D eigenvalue weighted by atomic mass is 15.2. The molecule has 0 spiro atoms. The van der Waals surface area contributed by atoms with E-state index in [2.05, 4.69) is 31.1 Å². The van der Waals surface area contributed by atoms with Crippen LogP contribution in [0.25, 0.3) is 0 Å². The highest BCUT2D eigenvalue weighted by Crippen LogP contribution is 2.26. The largest absolute Gasteiger partial charge is 0.301 e. The summed E-state index contributed by atoms with van der Waals surface area (Å²) in [6, 6.07) is 0.612. The van der Waals surface area contributed by atoms with E-state index in [-0.39, 0.29) is 5.54 Å². The number of nitrogens with zero attached hydrogens (tertiary/aromatic N) is 1. The molecule has 1 aliphatic rings. The summed E-state index contributed by atoms with van der Waals surface area (Å²) in [7, 11) is 1.84. The number of hydrogen-bond acceptors (Lipinski definition) is 2. The van der Waals surface area contributed by atoms with Gasteiger partial charge in [-0.1, -0.05) is 0 Å². The third-order valence-corrected chi connectivity index (χ3v) is 2.39. The van der Waals surface area contributed by atoms with Crippen LogP contribution in [0, 0.1) is 0 Å². The minimum Gasteiger partial charge on any atom is -0.301 e. The average molecular weight is 126 g/mol. The lowest BCUT2D eigenvalue weighted by Crippen LogP contribution is -2.21. The van der Waals surface area contributed by atoms with Gasteiger partial charge in [-0.2, -0.15) is 0 Å². The van der Waals surface area contributed by atoms with Crippen molar-refractivity contribution >= 4 is 5.71 Å². The zero-order valence-corrected chi connectivity index (χ0v) is 6.52. The Labute approximate surface area is 56.4 Å². The van der Waals surface area contributed by atoms with Gasteiger partial charge in [-0.05, 0) is 20.8 Å². The van der Waals surface area contributed by atoms with Gasteiger partial charge in [0.2, 0.25) is 0 Å². The van der Waals surface area contributed by atoms with Crippen LogP contribution in [0.5, 0.6) is 0 Å². The molecule has 2 heteroatoms. The van der Waals surface area contributed by atoms with Crippen LogP contribution in [0.2, 0.25) is 0 Å². The molecular weight excluding hydrogens is 112 g/mol. The Kier molecular flexibility index (Phi) is 1.35. The van der Waals surface area contributed by atoms with Gasteiger partial charge in [-0.3, -0.25) is 4.99 Å². The van der Waals surface area contributed by atoms with E-state index < -0.39 is 0 Å². The van der Waals surface area contributed by atoms with E-state index in [9.17, 15) is 0 Å². The second-order valence-corrected chi connectivity index (χ2v) is 2.88. The van der Waals surface area contributed by atoms with Crippen LogP contribution in [-0.2, 0) is 0 Å². The Morgan fingerprint density at radius 2 is 2.11 bits per heavy atom. The SMILES string of the molecule is CN=C(C)[C@]1(C)N[C@H]1C. The Morgan fingerprint density at radius 1 is 1.67 bits per heavy atom. The minimum absolute atomic E-state index is 0.217. The van der Waals surface area contributed by atoms with Gasteiger partial charge in [0.25, 0.3) is 0 Å². The maximum absolute atomic E-state index is 4.13. The second kappa shape index (κ2) is 1.81. The van der Waals surface area contributed by atoms with Crippen molar-refractivity contribution in [2.75, 3.05) is 7.05 Å². The summed E-state index contributed by atoms with van der Waals surface area (Å²) in [6.45, 7) is 6.42.